The van der Waals surface area contributed by atoms with Crippen LogP contribution in [0.2, 0.25) is 0 Å². The van der Waals surface area contributed by atoms with E-state index in [4.69, 9.17) is 4.74 Å². The summed E-state index contributed by atoms with van der Waals surface area (Å²) in [5, 5.41) is 5.81. The molecule has 1 amide bonds. The number of carbonyl (C=O) groups excluding carboxylic acids is 2. The van der Waals surface area contributed by atoms with Gasteiger partial charge in [-0.25, -0.2) is 10.2 Å². The number of nitrogens with one attached hydrogen (secondary N) is 1. The number of rotatable bonds is 5. The van der Waals surface area contributed by atoms with Gasteiger partial charge in [-0.05, 0) is 75.3 Å². The molecule has 1 N–H and O–H groups in total. The minimum absolute atomic E-state index is 0.298. The van der Waals surface area contributed by atoms with Crippen LogP contribution in [0.1, 0.15) is 26.3 Å². The number of hydrazone groups is 1. The van der Waals surface area contributed by atoms with Gasteiger partial charge in [-0.1, -0.05) is 54.6 Å². The first-order valence-electron chi connectivity index (χ1n) is 9.49. The lowest BCUT2D eigenvalue weighted by Crippen LogP contribution is -2.17. The molecule has 0 fully saturated rings. The second kappa shape index (κ2) is 9.53. The SMILES string of the molecule is O=C(N/N=C\c1cccc(OC(=O)c2cccc3ccccc23)c1)c1cccc(I)c1. The Bertz CT molecular complexity index is 1300. The van der Waals surface area contributed by atoms with Crippen molar-refractivity contribution in [2.24, 2.45) is 5.10 Å². The van der Waals surface area contributed by atoms with E-state index >= 15 is 0 Å². The normalized spacial score (nSPS) is 10.9. The minimum atomic E-state index is -0.433. The monoisotopic (exact) mass is 520 g/mol. The van der Waals surface area contributed by atoms with Crippen LogP contribution in [-0.2, 0) is 0 Å². The Morgan fingerprint density at radius 2 is 1.65 bits per heavy atom. The van der Waals surface area contributed by atoms with Crippen LogP contribution in [0.15, 0.2) is 96.1 Å². The number of amides is 1. The predicted octanol–water partition coefficient (Wildman–Crippen LogP) is 5.43. The smallest absolute Gasteiger partial charge is 0.344 e. The van der Waals surface area contributed by atoms with Crippen LogP contribution in [0.25, 0.3) is 10.8 Å². The molecule has 0 saturated carbocycles. The standard InChI is InChI=1S/C25H17IN2O3/c26-20-10-4-9-19(15-20)24(29)28-27-16-17-6-3-11-21(14-17)31-25(30)23-13-5-8-18-7-1-2-12-22(18)23/h1-16H,(H,28,29)/b27-16-. The molecule has 31 heavy (non-hydrogen) atoms. The van der Waals surface area contributed by atoms with Crippen molar-refractivity contribution in [3.8, 4) is 5.75 Å². The molecule has 0 aromatic heterocycles. The van der Waals surface area contributed by atoms with Crippen molar-refractivity contribution in [3.05, 3.63) is 111 Å². The molecule has 0 aliphatic rings. The average Bonchev–Trinajstić information content (AvgIpc) is 2.79. The lowest BCUT2D eigenvalue weighted by molar-refractivity contribution is 0.0736. The van der Waals surface area contributed by atoms with Crippen molar-refractivity contribution >= 4 is 51.5 Å². The number of hydrogen-bond acceptors (Lipinski definition) is 4. The van der Waals surface area contributed by atoms with Crippen molar-refractivity contribution in [2.75, 3.05) is 0 Å². The van der Waals surface area contributed by atoms with E-state index in [0.29, 0.717) is 22.4 Å². The molecule has 6 heteroatoms. The van der Waals surface area contributed by atoms with Crippen LogP contribution in [0.3, 0.4) is 0 Å². The molecule has 4 rings (SSSR count). The molecule has 152 valence electrons. The third kappa shape index (κ3) is 5.16. The van der Waals surface area contributed by atoms with Crippen LogP contribution in [0.5, 0.6) is 5.75 Å². The first kappa shape index (κ1) is 20.7. The van der Waals surface area contributed by atoms with E-state index in [1.807, 2.05) is 48.5 Å². The van der Waals surface area contributed by atoms with Gasteiger partial charge in [-0.2, -0.15) is 5.10 Å². The number of esters is 1. The van der Waals surface area contributed by atoms with Crippen LogP contribution in [0.4, 0.5) is 0 Å². The molecule has 0 bridgehead atoms. The lowest BCUT2D eigenvalue weighted by atomic mass is 10.0. The summed E-state index contributed by atoms with van der Waals surface area (Å²) in [4.78, 5) is 24.9. The molecule has 0 aliphatic heterocycles. The molecule has 4 aromatic carbocycles. The van der Waals surface area contributed by atoms with E-state index in [1.165, 1.54) is 6.21 Å². The quantitative estimate of drug-likeness (QED) is 0.126. The predicted molar refractivity (Wildman–Crippen MR) is 130 cm³/mol. The van der Waals surface area contributed by atoms with Crippen LogP contribution < -0.4 is 10.2 Å². The summed E-state index contributed by atoms with van der Waals surface area (Å²) in [6.07, 6.45) is 1.50. The summed E-state index contributed by atoms with van der Waals surface area (Å²) >= 11 is 2.15. The number of hydrogen-bond donors (Lipinski definition) is 1. The van der Waals surface area contributed by atoms with Crippen LogP contribution in [-0.4, -0.2) is 18.1 Å². The fraction of sp³-hybridized carbons (Fsp3) is 0. The van der Waals surface area contributed by atoms with Gasteiger partial charge in [0.15, 0.2) is 0 Å². The molecule has 5 nitrogen and oxygen atoms in total. The highest BCUT2D eigenvalue weighted by molar-refractivity contribution is 14.1. The maximum Gasteiger partial charge on any atom is 0.344 e. The fourth-order valence-corrected chi connectivity index (χ4v) is 3.63. The van der Waals surface area contributed by atoms with Gasteiger partial charge < -0.3 is 4.74 Å². The summed E-state index contributed by atoms with van der Waals surface area (Å²) in [7, 11) is 0. The highest BCUT2D eigenvalue weighted by Crippen LogP contribution is 2.21. The molecule has 0 spiro atoms. The Kier molecular flexibility index (Phi) is 6.37. The van der Waals surface area contributed by atoms with E-state index in [2.05, 4.69) is 33.1 Å². The molecule has 0 atom stereocenters. The number of ether oxygens (including phenoxy) is 1. The molecular formula is C25H17IN2O3. The largest absolute Gasteiger partial charge is 0.423 e. The Hall–Kier alpha value is -3.52. The third-order valence-electron chi connectivity index (χ3n) is 4.54. The van der Waals surface area contributed by atoms with Gasteiger partial charge in [-0.15, -0.1) is 0 Å². The van der Waals surface area contributed by atoms with Gasteiger partial charge in [0, 0.05) is 9.13 Å². The number of nitrogens with zero attached hydrogens (tertiary/aromatic N) is 1. The average molecular weight is 520 g/mol. The fourth-order valence-electron chi connectivity index (χ4n) is 3.08. The zero-order valence-electron chi connectivity index (χ0n) is 16.3. The summed E-state index contributed by atoms with van der Waals surface area (Å²) in [6.45, 7) is 0. The van der Waals surface area contributed by atoms with Gasteiger partial charge >= 0.3 is 5.97 Å². The first-order chi connectivity index (χ1) is 15.1. The summed E-state index contributed by atoms with van der Waals surface area (Å²) < 4.78 is 6.54. The molecular weight excluding hydrogens is 503 g/mol. The third-order valence-corrected chi connectivity index (χ3v) is 5.22. The van der Waals surface area contributed by atoms with Crippen molar-refractivity contribution < 1.29 is 14.3 Å². The summed E-state index contributed by atoms with van der Waals surface area (Å²) in [6, 6.07) is 27.4. The molecule has 0 unspecified atom stereocenters. The van der Waals surface area contributed by atoms with Gasteiger partial charge in [0.2, 0.25) is 0 Å². The second-order valence-corrected chi connectivity index (χ2v) is 7.94. The maximum atomic E-state index is 12.7. The first-order valence-corrected chi connectivity index (χ1v) is 10.6. The zero-order valence-corrected chi connectivity index (χ0v) is 18.4. The summed E-state index contributed by atoms with van der Waals surface area (Å²) in [5.74, 6) is -0.336. The maximum absolute atomic E-state index is 12.7. The Morgan fingerprint density at radius 3 is 2.52 bits per heavy atom. The molecule has 4 aromatic rings. The van der Waals surface area contributed by atoms with E-state index in [1.54, 1.807) is 42.5 Å². The van der Waals surface area contributed by atoms with Gasteiger partial charge in [0.25, 0.3) is 5.91 Å². The highest BCUT2D eigenvalue weighted by Gasteiger charge is 2.12. The van der Waals surface area contributed by atoms with E-state index in [-0.39, 0.29) is 5.91 Å². The van der Waals surface area contributed by atoms with E-state index in [0.717, 1.165) is 14.3 Å². The number of carbonyl (C=O) groups is 2. The second-order valence-electron chi connectivity index (χ2n) is 6.70. The van der Waals surface area contributed by atoms with E-state index in [9.17, 15) is 9.59 Å². The number of benzene rings is 4. The van der Waals surface area contributed by atoms with E-state index < -0.39 is 5.97 Å². The van der Waals surface area contributed by atoms with Crippen LogP contribution >= 0.6 is 22.6 Å². The Balaban J connectivity index is 1.45. The highest BCUT2D eigenvalue weighted by atomic mass is 127. The molecule has 0 radical (unpaired) electrons. The van der Waals surface area contributed by atoms with Gasteiger partial charge in [0.05, 0.1) is 11.8 Å². The topological polar surface area (TPSA) is 67.8 Å². The molecule has 0 saturated heterocycles. The minimum Gasteiger partial charge on any atom is -0.423 e. The van der Waals surface area contributed by atoms with Gasteiger partial charge in [-0.3, -0.25) is 4.79 Å². The van der Waals surface area contributed by atoms with Crippen molar-refractivity contribution in [1.29, 1.82) is 0 Å². The number of halogens is 1. The summed E-state index contributed by atoms with van der Waals surface area (Å²) in [5.41, 5.74) is 4.22. The Morgan fingerprint density at radius 1 is 0.871 bits per heavy atom. The van der Waals surface area contributed by atoms with Gasteiger partial charge in [0.1, 0.15) is 5.75 Å². The van der Waals surface area contributed by atoms with Crippen LogP contribution in [0, 0.1) is 3.57 Å². The van der Waals surface area contributed by atoms with Crippen molar-refractivity contribution in [3.63, 3.8) is 0 Å². The number of fused-ring (bicyclic) bond motifs is 1. The Labute approximate surface area is 192 Å². The zero-order chi connectivity index (χ0) is 21.6. The molecule has 0 heterocycles. The molecule has 0 aliphatic carbocycles. The van der Waals surface area contributed by atoms with Crippen molar-refractivity contribution in [1.82, 2.24) is 5.43 Å². The van der Waals surface area contributed by atoms with Crippen molar-refractivity contribution in [2.45, 2.75) is 0 Å². The lowest BCUT2D eigenvalue weighted by Gasteiger charge is -2.08.